The van der Waals surface area contributed by atoms with E-state index in [4.69, 9.17) is 4.42 Å². The quantitative estimate of drug-likeness (QED) is 0.845. The summed E-state index contributed by atoms with van der Waals surface area (Å²) in [5.74, 6) is 1.91. The van der Waals surface area contributed by atoms with Gasteiger partial charge in [-0.3, -0.25) is 9.59 Å². The molecular weight excluding hydrogens is 300 g/mol. The van der Waals surface area contributed by atoms with Crippen LogP contribution in [0, 0.1) is 5.92 Å². The fraction of sp³-hybridized carbons (Fsp3) is 0.500. The second-order valence-electron chi connectivity index (χ2n) is 5.71. The van der Waals surface area contributed by atoms with Gasteiger partial charge >= 0.3 is 0 Å². The van der Waals surface area contributed by atoms with Gasteiger partial charge in [-0.05, 0) is 31.1 Å². The van der Waals surface area contributed by atoms with Crippen LogP contribution >= 0.6 is 11.8 Å². The van der Waals surface area contributed by atoms with Gasteiger partial charge in [0, 0.05) is 17.9 Å². The number of nitrogens with one attached hydrogen (secondary N) is 1. The van der Waals surface area contributed by atoms with Crippen molar-refractivity contribution in [1.82, 2.24) is 10.2 Å². The Hall–Kier alpha value is -1.69. The molecule has 5 nitrogen and oxygen atoms in total. The molecule has 2 atom stereocenters. The van der Waals surface area contributed by atoms with Gasteiger partial charge in [-0.2, -0.15) is 0 Å². The van der Waals surface area contributed by atoms with Crippen LogP contribution in [0.2, 0.25) is 0 Å². The molecule has 0 saturated carbocycles. The molecule has 120 valence electrons. The fourth-order valence-corrected chi connectivity index (χ4v) is 3.16. The minimum atomic E-state index is -0.403. The molecular formula is C16H22N2O3S. The zero-order valence-corrected chi connectivity index (χ0v) is 13.9. The molecule has 0 aromatic carbocycles. The summed E-state index contributed by atoms with van der Waals surface area (Å²) in [6.45, 7) is 6.10. The van der Waals surface area contributed by atoms with E-state index in [9.17, 15) is 9.59 Å². The molecule has 1 aliphatic heterocycles. The number of hydrogen-bond donors (Lipinski definition) is 1. The maximum atomic E-state index is 12.3. The number of furan rings is 1. The molecule has 22 heavy (non-hydrogen) atoms. The molecule has 1 aromatic heterocycles. The number of amides is 2. The largest absolute Gasteiger partial charge is 0.465 e. The predicted molar refractivity (Wildman–Crippen MR) is 88.1 cm³/mol. The third kappa shape index (κ3) is 4.16. The third-order valence-corrected chi connectivity index (χ3v) is 4.78. The van der Waals surface area contributed by atoms with Crippen LogP contribution in [0.3, 0.4) is 0 Å². The number of carbonyl (C=O) groups excluding carboxylic acids is 2. The Balaban J connectivity index is 1.97. The first kappa shape index (κ1) is 16.7. The average molecular weight is 322 g/mol. The zero-order chi connectivity index (χ0) is 16.1. The van der Waals surface area contributed by atoms with Crippen LogP contribution in [0.5, 0.6) is 0 Å². The molecule has 6 heteroatoms. The van der Waals surface area contributed by atoms with Gasteiger partial charge in [-0.15, -0.1) is 11.8 Å². The van der Waals surface area contributed by atoms with Crippen molar-refractivity contribution >= 4 is 29.7 Å². The molecule has 1 saturated heterocycles. The number of nitrogens with zero attached hydrogens (tertiary/aromatic N) is 1. The molecule has 0 spiro atoms. The first-order chi connectivity index (χ1) is 10.5. The molecule has 0 unspecified atom stereocenters. The topological polar surface area (TPSA) is 62.6 Å². The SMILES string of the molecule is CC(C)[C@H](C)NC(=O)[C@H]1CSCN1C(=O)/C=C\c1ccco1. The van der Waals surface area contributed by atoms with E-state index < -0.39 is 6.04 Å². The highest BCUT2D eigenvalue weighted by molar-refractivity contribution is 7.99. The minimum absolute atomic E-state index is 0.0778. The van der Waals surface area contributed by atoms with Gasteiger partial charge < -0.3 is 14.6 Å². The van der Waals surface area contributed by atoms with Crippen LogP contribution in [0.4, 0.5) is 0 Å². The molecule has 0 radical (unpaired) electrons. The van der Waals surface area contributed by atoms with Crippen LogP contribution in [0.15, 0.2) is 28.9 Å². The van der Waals surface area contributed by atoms with Crippen molar-refractivity contribution in [3.8, 4) is 0 Å². The molecule has 1 fully saturated rings. The second-order valence-corrected chi connectivity index (χ2v) is 6.71. The summed E-state index contributed by atoms with van der Waals surface area (Å²) >= 11 is 1.59. The van der Waals surface area contributed by atoms with Gasteiger partial charge in [0.25, 0.3) is 0 Å². The van der Waals surface area contributed by atoms with E-state index in [-0.39, 0.29) is 17.9 Å². The van der Waals surface area contributed by atoms with Gasteiger partial charge in [-0.1, -0.05) is 13.8 Å². The van der Waals surface area contributed by atoms with Crippen molar-refractivity contribution in [3.63, 3.8) is 0 Å². The Bertz CT molecular complexity index is 540. The summed E-state index contributed by atoms with van der Waals surface area (Å²) in [5.41, 5.74) is 0. The van der Waals surface area contributed by atoms with Gasteiger partial charge in [0.1, 0.15) is 11.8 Å². The normalized spacial score (nSPS) is 19.8. The van der Waals surface area contributed by atoms with Crippen molar-refractivity contribution in [3.05, 3.63) is 30.2 Å². The second kappa shape index (κ2) is 7.54. The third-order valence-electron chi connectivity index (χ3n) is 3.77. The van der Waals surface area contributed by atoms with Gasteiger partial charge in [-0.25, -0.2) is 0 Å². The zero-order valence-electron chi connectivity index (χ0n) is 13.1. The van der Waals surface area contributed by atoms with E-state index in [2.05, 4.69) is 19.2 Å². The highest BCUT2D eigenvalue weighted by Gasteiger charge is 2.34. The number of hydrogen-bond acceptors (Lipinski definition) is 4. The summed E-state index contributed by atoms with van der Waals surface area (Å²) in [7, 11) is 0. The van der Waals surface area contributed by atoms with E-state index in [1.165, 1.54) is 6.08 Å². The first-order valence-corrected chi connectivity index (χ1v) is 8.55. The van der Waals surface area contributed by atoms with E-state index in [0.29, 0.717) is 23.3 Å². The van der Waals surface area contributed by atoms with Gasteiger partial charge in [0.2, 0.25) is 11.8 Å². The van der Waals surface area contributed by atoms with Crippen molar-refractivity contribution in [2.24, 2.45) is 5.92 Å². The minimum Gasteiger partial charge on any atom is -0.465 e. The van der Waals surface area contributed by atoms with Crippen molar-refractivity contribution in [1.29, 1.82) is 0 Å². The van der Waals surface area contributed by atoms with Crippen molar-refractivity contribution in [2.75, 3.05) is 11.6 Å². The van der Waals surface area contributed by atoms with E-state index in [1.54, 1.807) is 41.1 Å². The highest BCUT2D eigenvalue weighted by atomic mass is 32.2. The lowest BCUT2D eigenvalue weighted by Gasteiger charge is -2.25. The Labute approximate surface area is 135 Å². The van der Waals surface area contributed by atoms with Crippen LogP contribution in [0.1, 0.15) is 26.5 Å². The average Bonchev–Trinajstić information content (AvgIpc) is 3.15. The van der Waals surface area contributed by atoms with Crippen LogP contribution < -0.4 is 5.32 Å². The van der Waals surface area contributed by atoms with E-state index in [0.717, 1.165) is 0 Å². The Morgan fingerprint density at radius 1 is 1.45 bits per heavy atom. The summed E-state index contributed by atoms with van der Waals surface area (Å²) in [6.07, 6.45) is 4.63. The maximum Gasteiger partial charge on any atom is 0.248 e. The predicted octanol–water partition coefficient (Wildman–Crippen LogP) is 2.36. The van der Waals surface area contributed by atoms with Gasteiger partial charge in [0.05, 0.1) is 12.1 Å². The number of thioether (sulfide) groups is 1. The summed E-state index contributed by atoms with van der Waals surface area (Å²) in [5, 5.41) is 2.99. The van der Waals surface area contributed by atoms with Crippen molar-refractivity contribution in [2.45, 2.75) is 32.9 Å². The monoisotopic (exact) mass is 322 g/mol. The molecule has 1 N–H and O–H groups in total. The standard InChI is InChI=1S/C16H22N2O3S/c1-11(2)12(3)17-16(20)14-9-22-10-18(14)15(19)7-6-13-5-4-8-21-13/h4-8,11-12,14H,9-10H2,1-3H3,(H,17,20)/b7-6-/t12-,14+/m0/s1. The number of rotatable bonds is 5. The lowest BCUT2D eigenvalue weighted by molar-refractivity contribution is -0.135. The molecule has 2 amide bonds. The summed E-state index contributed by atoms with van der Waals surface area (Å²) in [6, 6.07) is 3.23. The highest BCUT2D eigenvalue weighted by Crippen LogP contribution is 2.22. The lowest BCUT2D eigenvalue weighted by Crippen LogP contribution is -2.50. The summed E-state index contributed by atoms with van der Waals surface area (Å²) < 4.78 is 5.16. The Morgan fingerprint density at radius 3 is 2.86 bits per heavy atom. The molecule has 0 bridgehead atoms. The molecule has 1 aliphatic rings. The first-order valence-electron chi connectivity index (χ1n) is 7.39. The molecule has 0 aliphatic carbocycles. The van der Waals surface area contributed by atoms with Crippen LogP contribution in [0.25, 0.3) is 6.08 Å². The number of carbonyl (C=O) groups is 2. The van der Waals surface area contributed by atoms with Gasteiger partial charge in [0.15, 0.2) is 0 Å². The molecule has 2 heterocycles. The Morgan fingerprint density at radius 2 is 2.23 bits per heavy atom. The summed E-state index contributed by atoms with van der Waals surface area (Å²) in [4.78, 5) is 26.2. The molecule has 1 aromatic rings. The smallest absolute Gasteiger partial charge is 0.248 e. The Kier molecular flexibility index (Phi) is 5.71. The maximum absolute atomic E-state index is 12.3. The fourth-order valence-electron chi connectivity index (χ4n) is 2.00. The lowest BCUT2D eigenvalue weighted by atomic mass is 10.1. The van der Waals surface area contributed by atoms with E-state index in [1.807, 2.05) is 6.92 Å². The van der Waals surface area contributed by atoms with Crippen LogP contribution in [-0.2, 0) is 9.59 Å². The van der Waals surface area contributed by atoms with Crippen LogP contribution in [-0.4, -0.2) is 40.4 Å². The molecule has 2 rings (SSSR count). The van der Waals surface area contributed by atoms with Crippen molar-refractivity contribution < 1.29 is 14.0 Å². The van der Waals surface area contributed by atoms with E-state index >= 15 is 0 Å².